The molecule has 7 nitrogen and oxygen atoms in total. The minimum atomic E-state index is -0.823. The predicted octanol–water partition coefficient (Wildman–Crippen LogP) is 3.52. The van der Waals surface area contributed by atoms with Crippen LogP contribution in [0.25, 0.3) is 0 Å². The van der Waals surface area contributed by atoms with Crippen molar-refractivity contribution >= 4 is 34.0 Å². The van der Waals surface area contributed by atoms with Crippen LogP contribution in [-0.2, 0) is 9.59 Å². The molecule has 0 aliphatic carbocycles. The van der Waals surface area contributed by atoms with E-state index >= 15 is 0 Å². The van der Waals surface area contributed by atoms with Gasteiger partial charge in [0.2, 0.25) is 0 Å². The first kappa shape index (κ1) is 17.4. The van der Waals surface area contributed by atoms with E-state index < -0.39 is 11.8 Å². The zero-order valence-electron chi connectivity index (χ0n) is 13.8. The molecule has 1 heterocycles. The van der Waals surface area contributed by atoms with E-state index in [0.717, 1.165) is 0 Å². The maximum absolute atomic E-state index is 12.1. The van der Waals surface area contributed by atoms with Crippen LogP contribution in [0.15, 0.2) is 60.1 Å². The second kappa shape index (κ2) is 8.13. The van der Waals surface area contributed by atoms with E-state index in [9.17, 15) is 9.59 Å². The van der Waals surface area contributed by atoms with Gasteiger partial charge < -0.3 is 14.8 Å². The van der Waals surface area contributed by atoms with Gasteiger partial charge >= 0.3 is 11.8 Å². The number of anilines is 2. The molecule has 2 N–H and O–H groups in total. The van der Waals surface area contributed by atoms with E-state index in [1.807, 2.05) is 6.07 Å². The van der Waals surface area contributed by atoms with Gasteiger partial charge in [-0.25, -0.2) is 4.98 Å². The van der Waals surface area contributed by atoms with Gasteiger partial charge in [-0.05, 0) is 24.3 Å². The molecule has 0 bridgehead atoms. The van der Waals surface area contributed by atoms with Gasteiger partial charge in [-0.3, -0.25) is 14.9 Å². The summed E-state index contributed by atoms with van der Waals surface area (Å²) in [6.45, 7) is 0. The van der Waals surface area contributed by atoms with Crippen LogP contribution in [0.4, 0.5) is 10.8 Å². The normalized spacial score (nSPS) is 10.0. The summed E-state index contributed by atoms with van der Waals surface area (Å²) in [5.41, 5.74) is 0.359. The van der Waals surface area contributed by atoms with Crippen LogP contribution in [0, 0.1) is 0 Å². The zero-order chi connectivity index (χ0) is 18.4. The van der Waals surface area contributed by atoms with Crippen LogP contribution in [0.2, 0.25) is 0 Å². The van der Waals surface area contributed by atoms with E-state index in [4.69, 9.17) is 9.47 Å². The Morgan fingerprint density at radius 3 is 2.27 bits per heavy atom. The molecule has 0 unspecified atom stereocenters. The third-order valence-electron chi connectivity index (χ3n) is 3.28. The Hall–Kier alpha value is -3.39. The second-order valence-corrected chi connectivity index (χ2v) is 5.89. The Morgan fingerprint density at radius 1 is 0.923 bits per heavy atom. The van der Waals surface area contributed by atoms with Crippen molar-refractivity contribution in [2.45, 2.75) is 0 Å². The first-order chi connectivity index (χ1) is 12.7. The Balaban J connectivity index is 1.74. The summed E-state index contributed by atoms with van der Waals surface area (Å²) in [5.74, 6) is -0.213. The number of carbonyl (C=O) groups is 2. The van der Waals surface area contributed by atoms with Crippen LogP contribution >= 0.6 is 11.3 Å². The van der Waals surface area contributed by atoms with Gasteiger partial charge in [-0.2, -0.15) is 0 Å². The molecule has 0 atom stereocenters. The standard InChI is InChI=1S/C18H15N3O4S/c1-24-14-8-4-5-9-15(14)25-13-7-3-2-6-12(13)20-16(22)17(23)21-18-19-10-11-26-18/h2-11H,1H3,(H,20,22)(H,19,21,23). The number of nitrogens with zero attached hydrogens (tertiary/aromatic N) is 1. The Bertz CT molecular complexity index is 912. The molecule has 2 amide bonds. The first-order valence-corrected chi connectivity index (χ1v) is 8.47. The Morgan fingerprint density at radius 2 is 1.58 bits per heavy atom. The number of ether oxygens (including phenoxy) is 2. The topological polar surface area (TPSA) is 89.5 Å². The van der Waals surface area contributed by atoms with E-state index in [-0.39, 0.29) is 0 Å². The number of carbonyl (C=O) groups excluding carboxylic acids is 2. The molecular weight excluding hydrogens is 354 g/mol. The van der Waals surface area contributed by atoms with Crippen LogP contribution in [0.1, 0.15) is 0 Å². The van der Waals surface area contributed by atoms with E-state index in [1.165, 1.54) is 17.5 Å². The van der Waals surface area contributed by atoms with Crippen molar-refractivity contribution in [2.24, 2.45) is 0 Å². The lowest BCUT2D eigenvalue weighted by Gasteiger charge is -2.13. The number of hydrogen-bond donors (Lipinski definition) is 2. The van der Waals surface area contributed by atoms with Crippen molar-refractivity contribution in [1.82, 2.24) is 4.98 Å². The SMILES string of the molecule is COc1ccccc1Oc1ccccc1NC(=O)C(=O)Nc1nccs1. The number of hydrogen-bond acceptors (Lipinski definition) is 6. The third-order valence-corrected chi connectivity index (χ3v) is 3.97. The van der Waals surface area contributed by atoms with Gasteiger partial charge in [0.05, 0.1) is 12.8 Å². The van der Waals surface area contributed by atoms with E-state index in [1.54, 1.807) is 55.0 Å². The van der Waals surface area contributed by atoms with Gasteiger partial charge in [-0.15, -0.1) is 11.3 Å². The van der Waals surface area contributed by atoms with Gasteiger partial charge in [0, 0.05) is 11.6 Å². The number of benzene rings is 2. The summed E-state index contributed by atoms with van der Waals surface area (Å²) in [7, 11) is 1.54. The van der Waals surface area contributed by atoms with Crippen molar-refractivity contribution < 1.29 is 19.1 Å². The van der Waals surface area contributed by atoms with Crippen molar-refractivity contribution in [3.63, 3.8) is 0 Å². The second-order valence-electron chi connectivity index (χ2n) is 4.99. The molecule has 132 valence electrons. The highest BCUT2D eigenvalue weighted by molar-refractivity contribution is 7.13. The number of nitrogens with one attached hydrogen (secondary N) is 2. The zero-order valence-corrected chi connectivity index (χ0v) is 14.6. The number of thiazole rings is 1. The molecule has 8 heteroatoms. The number of aromatic nitrogens is 1. The monoisotopic (exact) mass is 369 g/mol. The fraction of sp³-hybridized carbons (Fsp3) is 0.0556. The van der Waals surface area contributed by atoms with Crippen molar-refractivity contribution in [3.8, 4) is 17.2 Å². The van der Waals surface area contributed by atoms with Crippen molar-refractivity contribution in [3.05, 3.63) is 60.1 Å². The molecule has 0 saturated heterocycles. The smallest absolute Gasteiger partial charge is 0.315 e. The quantitative estimate of drug-likeness (QED) is 0.672. The molecule has 2 aromatic carbocycles. The minimum Gasteiger partial charge on any atom is -0.493 e. The largest absolute Gasteiger partial charge is 0.493 e. The molecule has 0 saturated carbocycles. The lowest BCUT2D eigenvalue weighted by molar-refractivity contribution is -0.133. The lowest BCUT2D eigenvalue weighted by atomic mass is 10.2. The summed E-state index contributed by atoms with van der Waals surface area (Å²) in [5, 5.41) is 7.01. The Kier molecular flexibility index (Phi) is 5.45. The molecule has 0 radical (unpaired) electrons. The molecule has 0 aliphatic rings. The summed E-state index contributed by atoms with van der Waals surface area (Å²) in [6, 6.07) is 13.9. The molecule has 3 aromatic rings. The maximum atomic E-state index is 12.1. The fourth-order valence-corrected chi connectivity index (χ4v) is 2.62. The summed E-state index contributed by atoms with van der Waals surface area (Å²) < 4.78 is 11.1. The summed E-state index contributed by atoms with van der Waals surface area (Å²) >= 11 is 1.22. The first-order valence-electron chi connectivity index (χ1n) is 7.59. The molecule has 0 fully saturated rings. The van der Waals surface area contributed by atoms with Crippen LogP contribution in [0.5, 0.6) is 17.2 Å². The average Bonchev–Trinajstić information content (AvgIpc) is 3.16. The predicted molar refractivity (Wildman–Crippen MR) is 98.9 cm³/mol. The summed E-state index contributed by atoms with van der Waals surface area (Å²) in [6.07, 6.45) is 1.54. The highest BCUT2D eigenvalue weighted by Gasteiger charge is 2.17. The Labute approximate surface area is 153 Å². The number of para-hydroxylation sites is 4. The van der Waals surface area contributed by atoms with E-state index in [2.05, 4.69) is 15.6 Å². The molecule has 0 aliphatic heterocycles. The fourth-order valence-electron chi connectivity index (χ4n) is 2.10. The summed E-state index contributed by atoms with van der Waals surface area (Å²) in [4.78, 5) is 28.0. The highest BCUT2D eigenvalue weighted by atomic mass is 32.1. The van der Waals surface area contributed by atoms with Crippen molar-refractivity contribution in [1.29, 1.82) is 0 Å². The third kappa shape index (κ3) is 4.17. The number of amides is 2. The highest BCUT2D eigenvalue weighted by Crippen LogP contribution is 2.34. The van der Waals surface area contributed by atoms with Crippen LogP contribution in [0.3, 0.4) is 0 Å². The number of rotatable bonds is 5. The van der Waals surface area contributed by atoms with Gasteiger partial charge in [0.15, 0.2) is 22.4 Å². The molecule has 1 aromatic heterocycles. The van der Waals surface area contributed by atoms with Gasteiger partial charge in [0.25, 0.3) is 0 Å². The minimum absolute atomic E-state index is 0.351. The lowest BCUT2D eigenvalue weighted by Crippen LogP contribution is -2.29. The van der Waals surface area contributed by atoms with Crippen LogP contribution < -0.4 is 20.1 Å². The maximum Gasteiger partial charge on any atom is 0.315 e. The average molecular weight is 369 g/mol. The van der Waals surface area contributed by atoms with Crippen molar-refractivity contribution in [2.75, 3.05) is 17.7 Å². The van der Waals surface area contributed by atoms with E-state index in [0.29, 0.717) is 28.1 Å². The van der Waals surface area contributed by atoms with Gasteiger partial charge in [0.1, 0.15) is 0 Å². The molecular formula is C18H15N3O4S. The molecule has 3 rings (SSSR count). The number of methoxy groups -OCH3 is 1. The molecule has 26 heavy (non-hydrogen) atoms. The van der Waals surface area contributed by atoms with Crippen LogP contribution in [-0.4, -0.2) is 23.9 Å². The van der Waals surface area contributed by atoms with Gasteiger partial charge in [-0.1, -0.05) is 24.3 Å². The molecule has 0 spiro atoms.